The predicted octanol–water partition coefficient (Wildman–Crippen LogP) is 3.47. The van der Waals surface area contributed by atoms with Crippen molar-refractivity contribution in [1.29, 1.82) is 0 Å². The van der Waals surface area contributed by atoms with Gasteiger partial charge in [0.05, 0.1) is 5.92 Å². The molecule has 0 saturated heterocycles. The van der Waals surface area contributed by atoms with Crippen LogP contribution < -0.4 is 11.1 Å². The Morgan fingerprint density at radius 3 is 2.84 bits per heavy atom. The Hall–Kier alpha value is -0.870. The summed E-state index contributed by atoms with van der Waals surface area (Å²) in [6.07, 6.45) is 5.01. The van der Waals surface area contributed by atoms with E-state index in [0.717, 1.165) is 47.8 Å². The standard InChI is InChI=1S/C15H21BrN2O/c1-2-10-9-11(16)7-8-14(10)18-15(19)12-5-3-4-6-13(12)17/h7-9,12-13H,2-6,17H2,1H3,(H,18,19). The summed E-state index contributed by atoms with van der Waals surface area (Å²) in [7, 11) is 0. The van der Waals surface area contributed by atoms with Gasteiger partial charge < -0.3 is 11.1 Å². The number of amides is 1. The van der Waals surface area contributed by atoms with Gasteiger partial charge in [0.2, 0.25) is 5.91 Å². The fourth-order valence-corrected chi connectivity index (χ4v) is 3.10. The quantitative estimate of drug-likeness (QED) is 0.894. The minimum Gasteiger partial charge on any atom is -0.327 e. The first kappa shape index (κ1) is 14.5. The van der Waals surface area contributed by atoms with E-state index < -0.39 is 0 Å². The zero-order valence-corrected chi connectivity index (χ0v) is 12.9. The molecule has 0 heterocycles. The minimum atomic E-state index is -0.0397. The highest BCUT2D eigenvalue weighted by Crippen LogP contribution is 2.26. The van der Waals surface area contributed by atoms with Crippen molar-refractivity contribution in [1.82, 2.24) is 0 Å². The van der Waals surface area contributed by atoms with E-state index >= 15 is 0 Å². The van der Waals surface area contributed by atoms with Gasteiger partial charge in [0, 0.05) is 16.2 Å². The van der Waals surface area contributed by atoms with Crippen LogP contribution in [0.3, 0.4) is 0 Å². The number of anilines is 1. The number of rotatable bonds is 3. The molecule has 1 aromatic rings. The molecule has 4 heteroatoms. The van der Waals surface area contributed by atoms with Gasteiger partial charge in [0.1, 0.15) is 0 Å². The van der Waals surface area contributed by atoms with Crippen molar-refractivity contribution < 1.29 is 4.79 Å². The Morgan fingerprint density at radius 2 is 2.16 bits per heavy atom. The first-order valence-corrected chi connectivity index (χ1v) is 7.76. The van der Waals surface area contributed by atoms with E-state index in [0.29, 0.717) is 0 Å². The van der Waals surface area contributed by atoms with Gasteiger partial charge in [0.25, 0.3) is 0 Å². The molecule has 1 amide bonds. The van der Waals surface area contributed by atoms with Gasteiger partial charge in [-0.15, -0.1) is 0 Å². The highest BCUT2D eigenvalue weighted by molar-refractivity contribution is 9.10. The molecule has 1 aliphatic carbocycles. The first-order valence-electron chi connectivity index (χ1n) is 6.96. The largest absolute Gasteiger partial charge is 0.327 e. The van der Waals surface area contributed by atoms with Crippen LogP contribution in [0.25, 0.3) is 0 Å². The van der Waals surface area contributed by atoms with E-state index in [9.17, 15) is 4.79 Å². The van der Waals surface area contributed by atoms with Crippen LogP contribution in [-0.4, -0.2) is 11.9 Å². The second kappa shape index (κ2) is 6.53. The third-order valence-electron chi connectivity index (χ3n) is 3.86. The van der Waals surface area contributed by atoms with Crippen molar-refractivity contribution in [2.45, 2.75) is 45.1 Å². The third-order valence-corrected chi connectivity index (χ3v) is 4.36. The Balaban J connectivity index is 2.10. The fraction of sp³-hybridized carbons (Fsp3) is 0.533. The van der Waals surface area contributed by atoms with Crippen LogP contribution in [0.2, 0.25) is 0 Å². The number of halogens is 1. The lowest BCUT2D eigenvalue weighted by molar-refractivity contribution is -0.121. The minimum absolute atomic E-state index is 0.00859. The summed E-state index contributed by atoms with van der Waals surface area (Å²) in [5, 5.41) is 3.05. The van der Waals surface area contributed by atoms with Gasteiger partial charge in [-0.1, -0.05) is 35.7 Å². The lowest BCUT2D eigenvalue weighted by Gasteiger charge is -2.27. The van der Waals surface area contributed by atoms with Gasteiger partial charge in [-0.3, -0.25) is 4.79 Å². The van der Waals surface area contributed by atoms with Gasteiger partial charge in [-0.2, -0.15) is 0 Å². The van der Waals surface area contributed by atoms with Crippen molar-refractivity contribution in [3.05, 3.63) is 28.2 Å². The summed E-state index contributed by atoms with van der Waals surface area (Å²) in [6, 6.07) is 5.97. The van der Waals surface area contributed by atoms with Crippen molar-refractivity contribution in [2.75, 3.05) is 5.32 Å². The SMILES string of the molecule is CCc1cc(Br)ccc1NC(=O)C1CCCCC1N. The van der Waals surface area contributed by atoms with Crippen LogP contribution >= 0.6 is 15.9 Å². The second-order valence-corrected chi connectivity index (χ2v) is 6.11. The average molecular weight is 325 g/mol. The van der Waals surface area contributed by atoms with Crippen LogP contribution in [0.4, 0.5) is 5.69 Å². The van der Waals surface area contributed by atoms with E-state index in [4.69, 9.17) is 5.73 Å². The average Bonchev–Trinajstić information content (AvgIpc) is 2.41. The van der Waals surface area contributed by atoms with Crippen LogP contribution in [0, 0.1) is 5.92 Å². The van der Waals surface area contributed by atoms with Gasteiger partial charge in [0.15, 0.2) is 0 Å². The van der Waals surface area contributed by atoms with Crippen molar-refractivity contribution in [2.24, 2.45) is 11.7 Å². The van der Waals surface area contributed by atoms with E-state index in [2.05, 4.69) is 34.2 Å². The maximum Gasteiger partial charge on any atom is 0.229 e. The number of benzene rings is 1. The smallest absolute Gasteiger partial charge is 0.229 e. The van der Waals surface area contributed by atoms with E-state index in [1.54, 1.807) is 0 Å². The predicted molar refractivity (Wildman–Crippen MR) is 82.1 cm³/mol. The second-order valence-electron chi connectivity index (χ2n) is 5.20. The molecule has 1 fully saturated rings. The number of carbonyl (C=O) groups excluding carboxylic acids is 1. The van der Waals surface area contributed by atoms with Crippen molar-refractivity contribution >= 4 is 27.5 Å². The van der Waals surface area contributed by atoms with Gasteiger partial charge >= 0.3 is 0 Å². The number of aryl methyl sites for hydroxylation is 1. The zero-order chi connectivity index (χ0) is 13.8. The molecule has 0 bridgehead atoms. The highest BCUT2D eigenvalue weighted by atomic mass is 79.9. The summed E-state index contributed by atoms with van der Waals surface area (Å²) in [4.78, 5) is 12.3. The molecule has 2 unspecified atom stereocenters. The molecular formula is C15H21BrN2O. The van der Waals surface area contributed by atoms with Crippen LogP contribution in [0.15, 0.2) is 22.7 Å². The van der Waals surface area contributed by atoms with Crippen LogP contribution in [-0.2, 0) is 11.2 Å². The van der Waals surface area contributed by atoms with E-state index in [1.807, 2.05) is 12.1 Å². The first-order chi connectivity index (χ1) is 9.11. The summed E-state index contributed by atoms with van der Waals surface area (Å²) in [5.41, 5.74) is 8.12. The van der Waals surface area contributed by atoms with Crippen LogP contribution in [0.5, 0.6) is 0 Å². The summed E-state index contributed by atoms with van der Waals surface area (Å²) >= 11 is 3.46. The van der Waals surface area contributed by atoms with Gasteiger partial charge in [-0.25, -0.2) is 0 Å². The molecule has 1 aromatic carbocycles. The normalized spacial score (nSPS) is 23.1. The third kappa shape index (κ3) is 3.57. The lowest BCUT2D eigenvalue weighted by Crippen LogP contribution is -2.40. The monoisotopic (exact) mass is 324 g/mol. The van der Waals surface area contributed by atoms with E-state index in [1.165, 1.54) is 0 Å². The Bertz CT molecular complexity index is 461. The molecule has 2 rings (SSSR count). The van der Waals surface area contributed by atoms with E-state index in [-0.39, 0.29) is 17.9 Å². The van der Waals surface area contributed by atoms with Crippen molar-refractivity contribution in [3.8, 4) is 0 Å². The lowest BCUT2D eigenvalue weighted by atomic mass is 9.84. The zero-order valence-electron chi connectivity index (χ0n) is 11.3. The van der Waals surface area contributed by atoms with Gasteiger partial charge in [-0.05, 0) is 43.0 Å². The number of nitrogens with one attached hydrogen (secondary N) is 1. The number of hydrogen-bond donors (Lipinski definition) is 2. The maximum absolute atomic E-state index is 12.3. The van der Waals surface area contributed by atoms with Crippen LogP contribution in [0.1, 0.15) is 38.2 Å². The Morgan fingerprint density at radius 1 is 1.42 bits per heavy atom. The molecule has 1 saturated carbocycles. The fourth-order valence-electron chi connectivity index (χ4n) is 2.69. The molecule has 19 heavy (non-hydrogen) atoms. The molecule has 0 aliphatic heterocycles. The highest BCUT2D eigenvalue weighted by Gasteiger charge is 2.28. The maximum atomic E-state index is 12.3. The molecule has 3 N–H and O–H groups in total. The number of hydrogen-bond acceptors (Lipinski definition) is 2. The number of nitrogens with two attached hydrogens (primary N) is 1. The molecule has 2 atom stereocenters. The molecular weight excluding hydrogens is 304 g/mol. The molecule has 0 spiro atoms. The number of carbonyl (C=O) groups is 1. The topological polar surface area (TPSA) is 55.1 Å². The molecule has 3 nitrogen and oxygen atoms in total. The summed E-state index contributed by atoms with van der Waals surface area (Å²) < 4.78 is 1.04. The Labute approximate surface area is 123 Å². The summed E-state index contributed by atoms with van der Waals surface area (Å²) in [5.74, 6) is 0.0336. The Kier molecular flexibility index (Phi) is 4.99. The molecule has 1 aliphatic rings. The molecule has 104 valence electrons. The van der Waals surface area contributed by atoms with Crippen molar-refractivity contribution in [3.63, 3.8) is 0 Å². The molecule has 0 radical (unpaired) electrons. The summed E-state index contributed by atoms with van der Waals surface area (Å²) in [6.45, 7) is 2.09. The molecule has 0 aromatic heterocycles.